The lowest BCUT2D eigenvalue weighted by atomic mass is 9.93. The second kappa shape index (κ2) is 7.39. The summed E-state index contributed by atoms with van der Waals surface area (Å²) in [5.74, 6) is 0.649. The normalized spacial score (nSPS) is 15.5. The van der Waals surface area contributed by atoms with E-state index >= 15 is 0 Å². The Bertz CT molecular complexity index is 365. The van der Waals surface area contributed by atoms with Crippen molar-refractivity contribution in [2.75, 3.05) is 6.54 Å². The SMILES string of the molecule is CCCNC(CC)C(C)Cc1nc(C(C)(C)C)cs1. The molecule has 0 bridgehead atoms. The van der Waals surface area contributed by atoms with Gasteiger partial charge < -0.3 is 5.32 Å². The molecule has 1 aromatic heterocycles. The van der Waals surface area contributed by atoms with Gasteiger partial charge in [-0.2, -0.15) is 0 Å². The predicted molar refractivity (Wildman–Crippen MR) is 86.1 cm³/mol. The minimum atomic E-state index is 0.169. The monoisotopic (exact) mass is 282 g/mol. The van der Waals surface area contributed by atoms with Gasteiger partial charge in [0.25, 0.3) is 0 Å². The summed E-state index contributed by atoms with van der Waals surface area (Å²) in [4.78, 5) is 4.81. The summed E-state index contributed by atoms with van der Waals surface area (Å²) >= 11 is 1.82. The van der Waals surface area contributed by atoms with Crippen molar-refractivity contribution in [3.05, 3.63) is 16.1 Å². The van der Waals surface area contributed by atoms with Crippen LogP contribution in [0.25, 0.3) is 0 Å². The zero-order chi connectivity index (χ0) is 14.5. The first kappa shape index (κ1) is 16.6. The fourth-order valence-corrected chi connectivity index (χ4v) is 3.41. The van der Waals surface area contributed by atoms with E-state index < -0.39 is 0 Å². The number of aromatic nitrogens is 1. The van der Waals surface area contributed by atoms with Crippen LogP contribution in [0.1, 0.15) is 65.1 Å². The predicted octanol–water partition coefficient (Wildman–Crippen LogP) is 4.40. The second-order valence-corrected chi connectivity index (χ2v) is 7.47. The van der Waals surface area contributed by atoms with Crippen LogP contribution in [0.5, 0.6) is 0 Å². The smallest absolute Gasteiger partial charge is 0.0931 e. The van der Waals surface area contributed by atoms with E-state index in [2.05, 4.69) is 52.2 Å². The van der Waals surface area contributed by atoms with Crippen molar-refractivity contribution in [3.8, 4) is 0 Å². The molecule has 0 amide bonds. The summed E-state index contributed by atoms with van der Waals surface area (Å²) in [5, 5.41) is 7.16. The average Bonchev–Trinajstić information content (AvgIpc) is 2.78. The van der Waals surface area contributed by atoms with Crippen molar-refractivity contribution < 1.29 is 0 Å². The molecule has 0 aliphatic heterocycles. The van der Waals surface area contributed by atoms with Crippen molar-refractivity contribution in [2.24, 2.45) is 5.92 Å². The van der Waals surface area contributed by atoms with Crippen LogP contribution in [-0.2, 0) is 11.8 Å². The maximum atomic E-state index is 4.81. The highest BCUT2D eigenvalue weighted by Crippen LogP contribution is 2.25. The maximum absolute atomic E-state index is 4.81. The first-order valence-corrected chi connectivity index (χ1v) is 8.44. The van der Waals surface area contributed by atoms with E-state index in [4.69, 9.17) is 4.98 Å². The summed E-state index contributed by atoms with van der Waals surface area (Å²) < 4.78 is 0. The zero-order valence-corrected chi connectivity index (χ0v) is 14.2. The topological polar surface area (TPSA) is 24.9 Å². The quantitative estimate of drug-likeness (QED) is 0.802. The van der Waals surface area contributed by atoms with Gasteiger partial charge in [-0.25, -0.2) is 4.98 Å². The molecule has 0 saturated heterocycles. The van der Waals surface area contributed by atoms with E-state index in [-0.39, 0.29) is 5.41 Å². The van der Waals surface area contributed by atoms with E-state index in [1.807, 2.05) is 11.3 Å². The molecule has 1 rings (SSSR count). The molecule has 0 aliphatic carbocycles. The van der Waals surface area contributed by atoms with E-state index in [1.165, 1.54) is 23.5 Å². The van der Waals surface area contributed by atoms with Gasteiger partial charge in [-0.3, -0.25) is 0 Å². The molecule has 2 unspecified atom stereocenters. The lowest BCUT2D eigenvalue weighted by Crippen LogP contribution is -2.35. The van der Waals surface area contributed by atoms with Gasteiger partial charge in [0.2, 0.25) is 0 Å². The third-order valence-corrected chi connectivity index (χ3v) is 4.47. The summed E-state index contributed by atoms with van der Waals surface area (Å²) in [6.07, 6.45) is 3.49. The molecule has 0 fully saturated rings. The van der Waals surface area contributed by atoms with Crippen LogP contribution in [0, 0.1) is 5.92 Å². The molecular weight excluding hydrogens is 252 g/mol. The van der Waals surface area contributed by atoms with Gasteiger partial charge in [0.05, 0.1) is 10.7 Å². The van der Waals surface area contributed by atoms with Gasteiger partial charge in [-0.1, -0.05) is 41.5 Å². The number of thiazole rings is 1. The summed E-state index contributed by atoms with van der Waals surface area (Å²) in [6, 6.07) is 0.613. The fraction of sp³-hybridized carbons (Fsp3) is 0.812. The van der Waals surface area contributed by atoms with Crippen LogP contribution in [-0.4, -0.2) is 17.6 Å². The average molecular weight is 282 g/mol. The van der Waals surface area contributed by atoms with Crippen molar-refractivity contribution >= 4 is 11.3 Å². The molecule has 3 heteroatoms. The first-order valence-electron chi connectivity index (χ1n) is 7.56. The Morgan fingerprint density at radius 1 is 1.32 bits per heavy atom. The molecule has 0 aliphatic rings. The second-order valence-electron chi connectivity index (χ2n) is 6.53. The van der Waals surface area contributed by atoms with Crippen molar-refractivity contribution in [1.82, 2.24) is 10.3 Å². The number of hydrogen-bond acceptors (Lipinski definition) is 3. The van der Waals surface area contributed by atoms with Crippen LogP contribution < -0.4 is 5.32 Å². The zero-order valence-electron chi connectivity index (χ0n) is 13.4. The molecule has 2 atom stereocenters. The molecule has 0 radical (unpaired) electrons. The standard InChI is InChI=1S/C16H30N2S/c1-7-9-17-13(8-2)12(3)10-15-18-14(11-19-15)16(4,5)6/h11-13,17H,7-10H2,1-6H3. The summed E-state index contributed by atoms with van der Waals surface area (Å²) in [6.45, 7) is 14.6. The van der Waals surface area contributed by atoms with Crippen LogP contribution >= 0.6 is 11.3 Å². The molecular formula is C16H30N2S. The van der Waals surface area contributed by atoms with E-state index in [0.29, 0.717) is 12.0 Å². The van der Waals surface area contributed by atoms with Gasteiger partial charge in [0, 0.05) is 23.3 Å². The molecule has 1 aromatic rings. The third kappa shape index (κ3) is 5.23. The molecule has 1 N–H and O–H groups in total. The van der Waals surface area contributed by atoms with Gasteiger partial charge in [-0.15, -0.1) is 11.3 Å². The van der Waals surface area contributed by atoms with Gasteiger partial charge in [-0.05, 0) is 25.3 Å². The molecule has 0 saturated carbocycles. The minimum Gasteiger partial charge on any atom is -0.314 e. The van der Waals surface area contributed by atoms with Gasteiger partial charge in [0.1, 0.15) is 0 Å². The van der Waals surface area contributed by atoms with Crippen LogP contribution in [0.3, 0.4) is 0 Å². The Labute approximate surface area is 123 Å². The largest absolute Gasteiger partial charge is 0.314 e. The van der Waals surface area contributed by atoms with Crippen molar-refractivity contribution in [3.63, 3.8) is 0 Å². The number of nitrogens with zero attached hydrogens (tertiary/aromatic N) is 1. The number of hydrogen-bond donors (Lipinski definition) is 1. The van der Waals surface area contributed by atoms with E-state index in [1.54, 1.807) is 0 Å². The van der Waals surface area contributed by atoms with Gasteiger partial charge in [0.15, 0.2) is 0 Å². The highest BCUT2D eigenvalue weighted by Gasteiger charge is 2.20. The lowest BCUT2D eigenvalue weighted by molar-refractivity contribution is 0.364. The number of nitrogens with one attached hydrogen (secondary N) is 1. The third-order valence-electron chi connectivity index (χ3n) is 3.60. The fourth-order valence-electron chi connectivity index (χ4n) is 2.24. The highest BCUT2D eigenvalue weighted by molar-refractivity contribution is 7.09. The number of rotatable bonds is 7. The van der Waals surface area contributed by atoms with Crippen LogP contribution in [0.2, 0.25) is 0 Å². The Balaban J connectivity index is 2.60. The Kier molecular flexibility index (Phi) is 6.48. The minimum absolute atomic E-state index is 0.169. The summed E-state index contributed by atoms with van der Waals surface area (Å²) in [5.41, 5.74) is 1.40. The van der Waals surface area contributed by atoms with Crippen molar-refractivity contribution in [2.45, 2.75) is 72.3 Å². The van der Waals surface area contributed by atoms with E-state index in [9.17, 15) is 0 Å². The van der Waals surface area contributed by atoms with Crippen LogP contribution in [0.4, 0.5) is 0 Å². The molecule has 110 valence electrons. The Morgan fingerprint density at radius 3 is 2.47 bits per heavy atom. The Morgan fingerprint density at radius 2 is 2.00 bits per heavy atom. The molecule has 0 spiro atoms. The molecule has 0 aromatic carbocycles. The maximum Gasteiger partial charge on any atom is 0.0931 e. The molecule has 19 heavy (non-hydrogen) atoms. The van der Waals surface area contributed by atoms with Gasteiger partial charge >= 0.3 is 0 Å². The van der Waals surface area contributed by atoms with Crippen molar-refractivity contribution in [1.29, 1.82) is 0 Å². The highest BCUT2D eigenvalue weighted by atomic mass is 32.1. The summed E-state index contributed by atoms with van der Waals surface area (Å²) in [7, 11) is 0. The first-order chi connectivity index (χ1) is 8.88. The lowest BCUT2D eigenvalue weighted by Gasteiger charge is -2.23. The van der Waals surface area contributed by atoms with E-state index in [0.717, 1.165) is 13.0 Å². The molecule has 2 nitrogen and oxygen atoms in total. The Hall–Kier alpha value is -0.410. The van der Waals surface area contributed by atoms with Crippen LogP contribution in [0.15, 0.2) is 5.38 Å². The molecule has 1 heterocycles.